The molecule has 0 aromatic carbocycles. The van der Waals surface area contributed by atoms with Crippen LogP contribution in [0.5, 0.6) is 5.88 Å². The number of nitrogens with zero attached hydrogens (tertiary/aromatic N) is 4. The van der Waals surface area contributed by atoms with Crippen LogP contribution < -0.4 is 9.64 Å². The number of rotatable bonds is 4. The lowest BCUT2D eigenvalue weighted by molar-refractivity contribution is 0.228. The van der Waals surface area contributed by atoms with Gasteiger partial charge in [-0.15, -0.1) is 0 Å². The lowest BCUT2D eigenvalue weighted by Crippen LogP contribution is -2.50. The van der Waals surface area contributed by atoms with Crippen LogP contribution in [0.3, 0.4) is 0 Å². The molecule has 5 heteroatoms. The first-order valence-corrected chi connectivity index (χ1v) is 8.82. The van der Waals surface area contributed by atoms with Crippen LogP contribution in [0.15, 0.2) is 12.4 Å². The molecular weight excluding hydrogens is 276 g/mol. The molecule has 0 N–H and O–H groups in total. The highest BCUT2D eigenvalue weighted by molar-refractivity contribution is 5.38. The van der Waals surface area contributed by atoms with Crippen LogP contribution in [-0.4, -0.2) is 53.7 Å². The number of fused-ring (bicyclic) bond motifs is 1. The highest BCUT2D eigenvalue weighted by Crippen LogP contribution is 2.27. The normalized spacial score (nSPS) is 26.4. The summed E-state index contributed by atoms with van der Waals surface area (Å²) in [7, 11) is 0. The van der Waals surface area contributed by atoms with Crippen molar-refractivity contribution in [3.63, 3.8) is 0 Å². The van der Waals surface area contributed by atoms with Crippen LogP contribution in [0.2, 0.25) is 0 Å². The van der Waals surface area contributed by atoms with E-state index >= 15 is 0 Å². The molecule has 5 nitrogen and oxygen atoms in total. The lowest BCUT2D eigenvalue weighted by Gasteiger charge is -2.38. The summed E-state index contributed by atoms with van der Waals surface area (Å²) >= 11 is 0. The Hall–Kier alpha value is -1.36. The number of anilines is 1. The van der Waals surface area contributed by atoms with Gasteiger partial charge in [0.25, 0.3) is 0 Å². The Labute approximate surface area is 132 Å². The van der Waals surface area contributed by atoms with Crippen LogP contribution in [-0.2, 0) is 0 Å². The van der Waals surface area contributed by atoms with Gasteiger partial charge in [0.1, 0.15) is 0 Å². The number of hydrogen-bond acceptors (Lipinski definition) is 5. The Morgan fingerprint density at radius 1 is 1.05 bits per heavy atom. The van der Waals surface area contributed by atoms with E-state index in [9.17, 15) is 0 Å². The van der Waals surface area contributed by atoms with Gasteiger partial charge in [-0.05, 0) is 38.1 Å². The van der Waals surface area contributed by atoms with Crippen molar-refractivity contribution in [3.8, 4) is 5.88 Å². The molecule has 3 fully saturated rings. The fourth-order valence-electron chi connectivity index (χ4n) is 4.14. The smallest absolute Gasteiger partial charge is 0.234 e. The quantitative estimate of drug-likeness (QED) is 0.854. The SMILES string of the molecule is c1ncc(N2CCN3CCC[C@H]3C2)nc1OCC1CCCC1. The zero-order valence-electron chi connectivity index (χ0n) is 13.3. The summed E-state index contributed by atoms with van der Waals surface area (Å²) in [5.74, 6) is 2.39. The summed E-state index contributed by atoms with van der Waals surface area (Å²) in [5, 5.41) is 0. The Balaban J connectivity index is 1.38. The minimum Gasteiger partial charge on any atom is -0.476 e. The second-order valence-corrected chi connectivity index (χ2v) is 6.96. The zero-order valence-corrected chi connectivity index (χ0v) is 13.3. The van der Waals surface area contributed by atoms with Gasteiger partial charge >= 0.3 is 0 Å². The van der Waals surface area contributed by atoms with Crippen molar-refractivity contribution in [3.05, 3.63) is 12.4 Å². The molecule has 4 rings (SSSR count). The molecule has 1 saturated carbocycles. The van der Waals surface area contributed by atoms with Gasteiger partial charge < -0.3 is 9.64 Å². The van der Waals surface area contributed by atoms with Gasteiger partial charge in [0.2, 0.25) is 5.88 Å². The predicted octanol–water partition coefficient (Wildman–Crippen LogP) is 2.33. The molecule has 1 aromatic rings. The molecule has 2 saturated heterocycles. The lowest BCUT2D eigenvalue weighted by atomic mass is 10.1. The molecule has 1 aliphatic carbocycles. The van der Waals surface area contributed by atoms with Crippen molar-refractivity contribution < 1.29 is 4.74 Å². The maximum absolute atomic E-state index is 5.90. The standard InChI is InChI=1S/C17H26N4O/c1-2-5-14(4-1)13-22-17-11-18-10-16(19-17)21-9-8-20-7-3-6-15(20)12-21/h10-11,14-15H,1-9,12-13H2/t15-/m0/s1. The van der Waals surface area contributed by atoms with Gasteiger partial charge in [-0.2, -0.15) is 4.98 Å². The average Bonchev–Trinajstić information content (AvgIpc) is 3.24. The first-order chi connectivity index (χ1) is 10.9. The summed E-state index contributed by atoms with van der Waals surface area (Å²) < 4.78 is 5.90. The highest BCUT2D eigenvalue weighted by atomic mass is 16.5. The third-order valence-corrected chi connectivity index (χ3v) is 5.45. The third kappa shape index (κ3) is 3.05. The van der Waals surface area contributed by atoms with Crippen LogP contribution in [0.4, 0.5) is 5.82 Å². The fraction of sp³-hybridized carbons (Fsp3) is 0.765. The van der Waals surface area contributed by atoms with Gasteiger partial charge in [-0.1, -0.05) is 12.8 Å². The molecule has 120 valence electrons. The maximum atomic E-state index is 5.90. The van der Waals surface area contributed by atoms with Crippen LogP contribution in [0.25, 0.3) is 0 Å². The molecule has 0 unspecified atom stereocenters. The van der Waals surface area contributed by atoms with Crippen molar-refractivity contribution in [1.29, 1.82) is 0 Å². The predicted molar refractivity (Wildman–Crippen MR) is 86.3 cm³/mol. The number of ether oxygens (including phenoxy) is 1. The summed E-state index contributed by atoms with van der Waals surface area (Å²) in [6, 6.07) is 0.707. The molecule has 0 bridgehead atoms. The minimum absolute atomic E-state index is 0.693. The van der Waals surface area contributed by atoms with Crippen molar-refractivity contribution in [1.82, 2.24) is 14.9 Å². The fourth-order valence-corrected chi connectivity index (χ4v) is 4.14. The number of hydrogen-bond donors (Lipinski definition) is 0. The first kappa shape index (κ1) is 14.2. The molecule has 0 spiro atoms. The summed E-state index contributed by atoms with van der Waals surface area (Å²) in [6.45, 7) is 5.36. The molecule has 1 atom stereocenters. The molecule has 2 aliphatic heterocycles. The number of aromatic nitrogens is 2. The third-order valence-electron chi connectivity index (χ3n) is 5.45. The van der Waals surface area contributed by atoms with Crippen LogP contribution >= 0.6 is 0 Å². The molecular formula is C17H26N4O. The summed E-state index contributed by atoms with van der Waals surface area (Å²) in [4.78, 5) is 14.0. The molecule has 0 radical (unpaired) electrons. The second kappa shape index (κ2) is 6.41. The van der Waals surface area contributed by atoms with Crippen molar-refractivity contribution in [2.45, 2.75) is 44.6 Å². The summed E-state index contributed by atoms with van der Waals surface area (Å²) in [6.07, 6.45) is 11.6. The van der Waals surface area contributed by atoms with E-state index in [0.29, 0.717) is 17.8 Å². The van der Waals surface area contributed by atoms with E-state index < -0.39 is 0 Å². The maximum Gasteiger partial charge on any atom is 0.234 e. The van der Waals surface area contributed by atoms with Gasteiger partial charge in [-0.3, -0.25) is 9.88 Å². The molecule has 22 heavy (non-hydrogen) atoms. The molecule has 1 aromatic heterocycles. The zero-order chi connectivity index (χ0) is 14.8. The topological polar surface area (TPSA) is 41.5 Å². The average molecular weight is 302 g/mol. The van der Waals surface area contributed by atoms with E-state index in [2.05, 4.69) is 14.8 Å². The van der Waals surface area contributed by atoms with E-state index in [1.54, 1.807) is 6.20 Å². The van der Waals surface area contributed by atoms with E-state index in [4.69, 9.17) is 9.72 Å². The molecule has 3 heterocycles. The van der Waals surface area contributed by atoms with E-state index in [-0.39, 0.29) is 0 Å². The van der Waals surface area contributed by atoms with E-state index in [0.717, 1.165) is 32.1 Å². The molecule has 3 aliphatic rings. The van der Waals surface area contributed by atoms with Gasteiger partial charge in [-0.25, -0.2) is 0 Å². The van der Waals surface area contributed by atoms with Gasteiger partial charge in [0, 0.05) is 25.7 Å². The largest absolute Gasteiger partial charge is 0.476 e. The van der Waals surface area contributed by atoms with Crippen LogP contribution in [0.1, 0.15) is 38.5 Å². The van der Waals surface area contributed by atoms with Gasteiger partial charge in [0.15, 0.2) is 5.82 Å². The summed E-state index contributed by atoms with van der Waals surface area (Å²) in [5.41, 5.74) is 0. The minimum atomic E-state index is 0.693. The van der Waals surface area contributed by atoms with Crippen molar-refractivity contribution >= 4 is 5.82 Å². The molecule has 0 amide bonds. The van der Waals surface area contributed by atoms with Gasteiger partial charge in [0.05, 0.1) is 19.0 Å². The monoisotopic (exact) mass is 302 g/mol. The highest BCUT2D eigenvalue weighted by Gasteiger charge is 2.31. The van der Waals surface area contributed by atoms with E-state index in [1.165, 1.54) is 45.1 Å². The van der Waals surface area contributed by atoms with E-state index in [1.807, 2.05) is 6.20 Å². The Bertz CT molecular complexity index is 503. The number of piperazine rings is 1. The van der Waals surface area contributed by atoms with Crippen LogP contribution in [0, 0.1) is 5.92 Å². The Morgan fingerprint density at radius 3 is 2.86 bits per heavy atom. The Kier molecular flexibility index (Phi) is 4.15. The second-order valence-electron chi connectivity index (χ2n) is 6.96. The van der Waals surface area contributed by atoms with Crippen molar-refractivity contribution in [2.24, 2.45) is 5.92 Å². The Morgan fingerprint density at radius 2 is 1.95 bits per heavy atom. The first-order valence-electron chi connectivity index (χ1n) is 8.82. The van der Waals surface area contributed by atoms with Crippen molar-refractivity contribution in [2.75, 3.05) is 37.7 Å².